The van der Waals surface area contributed by atoms with Crippen LogP contribution in [0.5, 0.6) is 0 Å². The fraction of sp³-hybridized carbons (Fsp3) is 0.667. The van der Waals surface area contributed by atoms with Gasteiger partial charge < -0.3 is 9.84 Å². The van der Waals surface area contributed by atoms with E-state index in [4.69, 9.17) is 4.52 Å². The molecule has 3 heterocycles. The molecule has 0 spiro atoms. The molecule has 7 nitrogen and oxygen atoms in total. The zero-order valence-electron chi connectivity index (χ0n) is 11.2. The van der Waals surface area contributed by atoms with Crippen molar-refractivity contribution < 1.29 is 4.52 Å². The molecule has 1 atom stereocenters. The van der Waals surface area contributed by atoms with Crippen molar-refractivity contribution in [3.05, 3.63) is 12.0 Å². The highest BCUT2D eigenvalue weighted by atomic mass is 16.5. The summed E-state index contributed by atoms with van der Waals surface area (Å²) < 4.78 is 7.11. The third kappa shape index (κ3) is 2.51. The van der Waals surface area contributed by atoms with Crippen molar-refractivity contribution in [3.8, 4) is 11.6 Å². The van der Waals surface area contributed by atoms with Crippen LogP contribution in [0.3, 0.4) is 0 Å². The van der Waals surface area contributed by atoms with Crippen molar-refractivity contribution in [2.75, 3.05) is 13.1 Å². The highest BCUT2D eigenvalue weighted by molar-refractivity contribution is 5.43. The number of hydrogen-bond donors (Lipinski definition) is 1. The summed E-state index contributed by atoms with van der Waals surface area (Å²) in [5, 5.41) is 15.6. The van der Waals surface area contributed by atoms with E-state index in [1.165, 1.54) is 0 Å². The molecule has 1 fully saturated rings. The van der Waals surface area contributed by atoms with Crippen LogP contribution in [0.4, 0.5) is 0 Å². The molecule has 2 aromatic heterocycles. The third-order valence-corrected chi connectivity index (χ3v) is 3.33. The number of nitrogens with zero attached hydrogens (tertiary/aromatic N) is 5. The summed E-state index contributed by atoms with van der Waals surface area (Å²) in [4.78, 5) is 4.33. The molecule has 0 aliphatic carbocycles. The van der Waals surface area contributed by atoms with Gasteiger partial charge in [0, 0.05) is 12.5 Å². The number of aromatic nitrogens is 5. The Morgan fingerprint density at radius 3 is 3.05 bits per heavy atom. The Bertz CT molecular complexity index is 540. The van der Waals surface area contributed by atoms with E-state index < -0.39 is 0 Å². The lowest BCUT2D eigenvalue weighted by atomic mass is 10.1. The Labute approximate surface area is 111 Å². The molecule has 102 valence electrons. The summed E-state index contributed by atoms with van der Waals surface area (Å²) in [6.07, 6.45) is 4.17. The molecular formula is C12H18N6O. The van der Waals surface area contributed by atoms with Gasteiger partial charge in [0.05, 0.1) is 12.2 Å². The van der Waals surface area contributed by atoms with Crippen LogP contribution in [0.15, 0.2) is 10.7 Å². The zero-order valence-corrected chi connectivity index (χ0v) is 11.2. The fourth-order valence-corrected chi connectivity index (χ4v) is 2.19. The minimum Gasteiger partial charge on any atom is -0.332 e. The highest BCUT2D eigenvalue weighted by Crippen LogP contribution is 2.20. The summed E-state index contributed by atoms with van der Waals surface area (Å²) in [7, 11) is 0. The lowest BCUT2D eigenvalue weighted by Crippen LogP contribution is -2.31. The van der Waals surface area contributed by atoms with Crippen molar-refractivity contribution in [1.82, 2.24) is 30.5 Å². The highest BCUT2D eigenvalue weighted by Gasteiger charge is 2.19. The number of piperidine rings is 1. The van der Waals surface area contributed by atoms with E-state index in [2.05, 4.69) is 25.8 Å². The SMILES string of the molecule is CC(C)c1noc(-c2cn(C3CCCNC3)nn2)n1. The molecule has 1 aliphatic heterocycles. The van der Waals surface area contributed by atoms with Crippen molar-refractivity contribution in [1.29, 1.82) is 0 Å². The van der Waals surface area contributed by atoms with Gasteiger partial charge >= 0.3 is 0 Å². The zero-order chi connectivity index (χ0) is 13.2. The van der Waals surface area contributed by atoms with Gasteiger partial charge in [-0.1, -0.05) is 24.2 Å². The Morgan fingerprint density at radius 2 is 2.37 bits per heavy atom. The predicted octanol–water partition coefficient (Wildman–Crippen LogP) is 1.38. The average Bonchev–Trinajstić information content (AvgIpc) is 3.09. The molecule has 0 saturated carbocycles. The second-order valence-electron chi connectivity index (χ2n) is 5.20. The Kier molecular flexibility index (Phi) is 3.29. The van der Waals surface area contributed by atoms with E-state index in [-0.39, 0.29) is 5.92 Å². The normalized spacial score (nSPS) is 20.1. The van der Waals surface area contributed by atoms with E-state index in [0.29, 0.717) is 23.5 Å². The minimum absolute atomic E-state index is 0.245. The maximum atomic E-state index is 5.22. The summed E-state index contributed by atoms with van der Waals surface area (Å²) in [6.45, 7) is 6.07. The first kappa shape index (κ1) is 12.3. The first-order valence-corrected chi connectivity index (χ1v) is 6.70. The van der Waals surface area contributed by atoms with Gasteiger partial charge in [0.2, 0.25) is 0 Å². The van der Waals surface area contributed by atoms with Gasteiger partial charge in [0.15, 0.2) is 11.5 Å². The lowest BCUT2D eigenvalue weighted by Gasteiger charge is -2.22. The van der Waals surface area contributed by atoms with Gasteiger partial charge in [-0.2, -0.15) is 4.98 Å². The Hall–Kier alpha value is -1.76. The van der Waals surface area contributed by atoms with E-state index in [9.17, 15) is 0 Å². The van der Waals surface area contributed by atoms with Gasteiger partial charge in [-0.3, -0.25) is 0 Å². The molecule has 0 aromatic carbocycles. The monoisotopic (exact) mass is 262 g/mol. The van der Waals surface area contributed by atoms with Crippen LogP contribution in [0.1, 0.15) is 44.5 Å². The summed E-state index contributed by atoms with van der Waals surface area (Å²) in [5.41, 5.74) is 0.643. The molecule has 1 unspecified atom stereocenters. The standard InChI is InChI=1S/C12H18N6O/c1-8(2)11-14-12(19-16-11)10-7-18(17-15-10)9-4-3-5-13-6-9/h7-9,13H,3-6H2,1-2H3. The predicted molar refractivity (Wildman–Crippen MR) is 68.5 cm³/mol. The van der Waals surface area contributed by atoms with E-state index in [0.717, 1.165) is 25.9 Å². The molecule has 7 heteroatoms. The van der Waals surface area contributed by atoms with Crippen LogP contribution in [-0.4, -0.2) is 38.2 Å². The van der Waals surface area contributed by atoms with Crippen molar-refractivity contribution in [3.63, 3.8) is 0 Å². The number of nitrogens with one attached hydrogen (secondary N) is 1. The molecule has 0 bridgehead atoms. The van der Waals surface area contributed by atoms with E-state index in [1.54, 1.807) is 0 Å². The van der Waals surface area contributed by atoms with Crippen LogP contribution in [0.25, 0.3) is 11.6 Å². The van der Waals surface area contributed by atoms with Crippen LogP contribution >= 0.6 is 0 Å². The van der Waals surface area contributed by atoms with Crippen molar-refractivity contribution >= 4 is 0 Å². The van der Waals surface area contributed by atoms with Gasteiger partial charge in [-0.15, -0.1) is 5.10 Å². The Balaban J connectivity index is 1.79. The Morgan fingerprint density at radius 1 is 1.47 bits per heavy atom. The smallest absolute Gasteiger partial charge is 0.280 e. The van der Waals surface area contributed by atoms with Crippen molar-refractivity contribution in [2.24, 2.45) is 0 Å². The summed E-state index contributed by atoms with van der Waals surface area (Å²) >= 11 is 0. The molecular weight excluding hydrogens is 244 g/mol. The maximum absolute atomic E-state index is 5.22. The molecule has 1 saturated heterocycles. The molecule has 0 radical (unpaired) electrons. The molecule has 2 aromatic rings. The van der Waals surface area contributed by atoms with Crippen LogP contribution < -0.4 is 5.32 Å². The first-order valence-electron chi connectivity index (χ1n) is 6.70. The first-order chi connectivity index (χ1) is 9.24. The fourth-order valence-electron chi connectivity index (χ4n) is 2.19. The average molecular weight is 262 g/mol. The second kappa shape index (κ2) is 5.08. The minimum atomic E-state index is 0.245. The molecule has 1 aliphatic rings. The van der Waals surface area contributed by atoms with Gasteiger partial charge in [-0.05, 0) is 19.4 Å². The largest absolute Gasteiger partial charge is 0.332 e. The molecule has 1 N–H and O–H groups in total. The topological polar surface area (TPSA) is 81.7 Å². The molecule has 0 amide bonds. The van der Waals surface area contributed by atoms with Gasteiger partial charge in [0.1, 0.15) is 0 Å². The van der Waals surface area contributed by atoms with E-state index >= 15 is 0 Å². The van der Waals surface area contributed by atoms with Crippen LogP contribution in [0.2, 0.25) is 0 Å². The molecule has 3 rings (SSSR count). The van der Waals surface area contributed by atoms with Gasteiger partial charge in [0.25, 0.3) is 5.89 Å². The molecule has 19 heavy (non-hydrogen) atoms. The summed E-state index contributed by atoms with van der Waals surface area (Å²) in [5.74, 6) is 1.39. The van der Waals surface area contributed by atoms with E-state index in [1.807, 2.05) is 24.7 Å². The summed E-state index contributed by atoms with van der Waals surface area (Å²) in [6, 6.07) is 0.363. The second-order valence-corrected chi connectivity index (χ2v) is 5.20. The van der Waals surface area contributed by atoms with Gasteiger partial charge in [-0.25, -0.2) is 4.68 Å². The maximum Gasteiger partial charge on any atom is 0.280 e. The lowest BCUT2D eigenvalue weighted by molar-refractivity contribution is 0.341. The van der Waals surface area contributed by atoms with Crippen LogP contribution in [0, 0.1) is 0 Å². The quantitative estimate of drug-likeness (QED) is 0.899. The third-order valence-electron chi connectivity index (χ3n) is 3.33. The van der Waals surface area contributed by atoms with Crippen molar-refractivity contribution in [2.45, 2.75) is 38.6 Å². The number of hydrogen-bond acceptors (Lipinski definition) is 6. The number of rotatable bonds is 3. The van der Waals surface area contributed by atoms with Crippen LogP contribution in [-0.2, 0) is 0 Å².